The van der Waals surface area contributed by atoms with Crippen molar-refractivity contribution in [2.24, 2.45) is 0 Å². The zero-order valence-electron chi connectivity index (χ0n) is 16.7. The van der Waals surface area contributed by atoms with E-state index in [1.165, 1.54) is 19.1 Å². The summed E-state index contributed by atoms with van der Waals surface area (Å²) < 4.78 is 4.95. The molecule has 1 aromatic heterocycles. The third kappa shape index (κ3) is 3.55. The molecule has 1 aliphatic rings. The highest BCUT2D eigenvalue weighted by atomic mass is 16.5. The standard InChI is InChI=1S/C21H17N5O6/c1-21(12-7-3-2-4-8-12)19(30)26(20(31)22-21)25-15(27)11-32-18(29)16-13-9-5-6-10-14(13)17(28)24-23-16/h2-10H,11H2,1H3,(H,22,31)(H,24,28)(H,25,27). The fourth-order valence-electron chi connectivity index (χ4n) is 3.33. The quantitative estimate of drug-likeness (QED) is 0.392. The highest BCUT2D eigenvalue weighted by Gasteiger charge is 2.50. The van der Waals surface area contributed by atoms with Gasteiger partial charge in [-0.1, -0.05) is 48.5 Å². The number of aromatic nitrogens is 2. The van der Waals surface area contributed by atoms with Crippen molar-refractivity contribution in [3.05, 3.63) is 76.2 Å². The second-order valence-corrected chi connectivity index (χ2v) is 7.12. The molecule has 4 rings (SSSR count). The summed E-state index contributed by atoms with van der Waals surface area (Å²) in [6.45, 7) is 0.731. The number of fused-ring (bicyclic) bond motifs is 1. The van der Waals surface area contributed by atoms with E-state index in [9.17, 15) is 24.0 Å². The van der Waals surface area contributed by atoms with Gasteiger partial charge >= 0.3 is 12.0 Å². The third-order valence-electron chi connectivity index (χ3n) is 5.00. The number of urea groups is 1. The Kier molecular flexibility index (Phi) is 5.15. The molecule has 2 aromatic carbocycles. The van der Waals surface area contributed by atoms with E-state index in [0.717, 1.165) is 0 Å². The van der Waals surface area contributed by atoms with Crippen LogP contribution in [-0.4, -0.2) is 45.6 Å². The molecule has 0 bridgehead atoms. The number of aromatic amines is 1. The summed E-state index contributed by atoms with van der Waals surface area (Å²) in [6, 6.07) is 14.0. The lowest BCUT2D eigenvalue weighted by molar-refractivity contribution is -0.140. The summed E-state index contributed by atoms with van der Waals surface area (Å²) in [4.78, 5) is 61.5. The number of ether oxygens (including phenoxy) is 1. The summed E-state index contributed by atoms with van der Waals surface area (Å²) in [6.07, 6.45) is 0. The second kappa shape index (κ2) is 7.95. The van der Waals surface area contributed by atoms with Gasteiger partial charge in [0.15, 0.2) is 12.3 Å². The van der Waals surface area contributed by atoms with Gasteiger partial charge in [-0.05, 0) is 18.6 Å². The number of hydrogen-bond acceptors (Lipinski definition) is 7. The molecule has 1 unspecified atom stereocenters. The monoisotopic (exact) mass is 435 g/mol. The molecule has 11 heteroatoms. The van der Waals surface area contributed by atoms with Gasteiger partial charge in [0.2, 0.25) is 0 Å². The summed E-state index contributed by atoms with van der Waals surface area (Å²) >= 11 is 0. The first kappa shape index (κ1) is 20.7. The Balaban J connectivity index is 1.43. The van der Waals surface area contributed by atoms with E-state index in [0.29, 0.717) is 10.6 Å². The van der Waals surface area contributed by atoms with E-state index in [1.807, 2.05) is 0 Å². The number of nitrogens with zero attached hydrogens (tertiary/aromatic N) is 2. The van der Waals surface area contributed by atoms with Crippen LogP contribution in [0, 0.1) is 0 Å². The van der Waals surface area contributed by atoms with Gasteiger partial charge in [0.05, 0.1) is 5.39 Å². The Morgan fingerprint density at radius 1 is 1.03 bits per heavy atom. The Bertz CT molecular complexity index is 1300. The summed E-state index contributed by atoms with van der Waals surface area (Å²) in [5, 5.41) is 9.46. The number of carbonyl (C=O) groups is 4. The number of hydrogen-bond donors (Lipinski definition) is 3. The fourth-order valence-corrected chi connectivity index (χ4v) is 3.33. The average Bonchev–Trinajstić information content (AvgIpc) is 3.02. The first-order valence-electron chi connectivity index (χ1n) is 9.47. The number of hydrazine groups is 1. The predicted octanol–water partition coefficient (Wildman–Crippen LogP) is 0.578. The molecule has 1 fully saturated rings. The Labute approximate surface area is 180 Å². The fraction of sp³-hybridized carbons (Fsp3) is 0.143. The number of rotatable bonds is 5. The van der Waals surface area contributed by atoms with Crippen LogP contribution in [0.5, 0.6) is 0 Å². The molecule has 2 heterocycles. The van der Waals surface area contributed by atoms with Crippen LogP contribution in [0.4, 0.5) is 4.79 Å². The lowest BCUT2D eigenvalue weighted by Crippen LogP contribution is -2.49. The van der Waals surface area contributed by atoms with E-state index < -0.39 is 41.5 Å². The van der Waals surface area contributed by atoms with E-state index in [2.05, 4.69) is 20.9 Å². The molecule has 1 aliphatic heterocycles. The number of nitrogens with one attached hydrogen (secondary N) is 3. The first-order valence-corrected chi connectivity index (χ1v) is 9.47. The zero-order chi connectivity index (χ0) is 22.9. The van der Waals surface area contributed by atoms with E-state index in [1.54, 1.807) is 42.5 Å². The summed E-state index contributed by atoms with van der Waals surface area (Å²) in [7, 11) is 0. The molecule has 4 amide bonds. The van der Waals surface area contributed by atoms with Gasteiger partial charge in [0, 0.05) is 5.39 Å². The van der Waals surface area contributed by atoms with Crippen LogP contribution in [0.1, 0.15) is 23.0 Å². The topological polar surface area (TPSA) is 151 Å². The van der Waals surface area contributed by atoms with Crippen LogP contribution in [-0.2, 0) is 19.9 Å². The smallest absolute Gasteiger partial charge is 0.359 e. The van der Waals surface area contributed by atoms with Gasteiger partial charge in [-0.25, -0.2) is 14.7 Å². The number of imide groups is 1. The van der Waals surface area contributed by atoms with Crippen LogP contribution in [0.3, 0.4) is 0 Å². The number of benzene rings is 2. The van der Waals surface area contributed by atoms with Gasteiger partial charge in [-0.3, -0.25) is 19.8 Å². The van der Waals surface area contributed by atoms with Crippen LogP contribution < -0.4 is 16.3 Å². The Hall–Kier alpha value is -4.54. The molecule has 0 spiro atoms. The molecule has 162 valence electrons. The van der Waals surface area contributed by atoms with Gasteiger partial charge in [-0.2, -0.15) is 10.1 Å². The van der Waals surface area contributed by atoms with E-state index in [4.69, 9.17) is 4.74 Å². The first-order chi connectivity index (χ1) is 15.3. The third-order valence-corrected chi connectivity index (χ3v) is 5.00. The number of amides is 4. The SMILES string of the molecule is CC1(c2ccccc2)NC(=O)N(NC(=O)COC(=O)c2n[nH]c(=O)c3ccccc23)C1=O. The average molecular weight is 435 g/mol. The molecule has 0 saturated carbocycles. The maximum Gasteiger partial charge on any atom is 0.359 e. The molecule has 3 N–H and O–H groups in total. The molecule has 1 saturated heterocycles. The Morgan fingerprint density at radius 3 is 2.41 bits per heavy atom. The highest BCUT2D eigenvalue weighted by molar-refractivity contribution is 6.08. The number of esters is 1. The van der Waals surface area contributed by atoms with Gasteiger partial charge in [0.1, 0.15) is 5.54 Å². The van der Waals surface area contributed by atoms with Gasteiger partial charge in [0.25, 0.3) is 17.4 Å². The normalized spacial score (nSPS) is 17.8. The number of carbonyl (C=O) groups excluding carboxylic acids is 4. The predicted molar refractivity (Wildman–Crippen MR) is 110 cm³/mol. The van der Waals surface area contributed by atoms with Crippen molar-refractivity contribution < 1.29 is 23.9 Å². The molecular formula is C21H17N5O6. The molecule has 0 aliphatic carbocycles. The minimum Gasteiger partial charge on any atom is -0.451 e. The maximum absolute atomic E-state index is 12.8. The summed E-state index contributed by atoms with van der Waals surface area (Å²) in [5.74, 6) is -2.56. The lowest BCUT2D eigenvalue weighted by atomic mass is 9.92. The van der Waals surface area contributed by atoms with Crippen molar-refractivity contribution in [3.63, 3.8) is 0 Å². The number of H-pyrrole nitrogens is 1. The zero-order valence-corrected chi connectivity index (χ0v) is 16.7. The second-order valence-electron chi connectivity index (χ2n) is 7.12. The van der Waals surface area contributed by atoms with Gasteiger partial charge < -0.3 is 10.1 Å². The minimum absolute atomic E-state index is 0.181. The van der Waals surface area contributed by atoms with Crippen molar-refractivity contribution in [1.82, 2.24) is 25.9 Å². The van der Waals surface area contributed by atoms with Crippen molar-refractivity contribution in [2.45, 2.75) is 12.5 Å². The maximum atomic E-state index is 12.8. The molecule has 0 radical (unpaired) electrons. The van der Waals surface area contributed by atoms with Crippen molar-refractivity contribution >= 4 is 34.6 Å². The minimum atomic E-state index is -1.36. The molecule has 11 nitrogen and oxygen atoms in total. The van der Waals surface area contributed by atoms with E-state index in [-0.39, 0.29) is 16.5 Å². The van der Waals surface area contributed by atoms with Crippen molar-refractivity contribution in [3.8, 4) is 0 Å². The summed E-state index contributed by atoms with van der Waals surface area (Å²) in [5.41, 5.74) is 0.655. The van der Waals surface area contributed by atoms with Crippen molar-refractivity contribution in [2.75, 3.05) is 6.61 Å². The van der Waals surface area contributed by atoms with Crippen molar-refractivity contribution in [1.29, 1.82) is 0 Å². The molecular weight excluding hydrogens is 418 g/mol. The molecule has 3 aromatic rings. The molecule has 1 atom stereocenters. The Morgan fingerprint density at radius 2 is 1.69 bits per heavy atom. The molecule has 32 heavy (non-hydrogen) atoms. The van der Waals surface area contributed by atoms with Gasteiger partial charge in [-0.15, -0.1) is 0 Å². The highest BCUT2D eigenvalue weighted by Crippen LogP contribution is 2.27. The van der Waals surface area contributed by atoms with Crippen LogP contribution >= 0.6 is 0 Å². The van der Waals surface area contributed by atoms with Crippen LogP contribution in [0.25, 0.3) is 10.8 Å². The van der Waals surface area contributed by atoms with Crippen LogP contribution in [0.2, 0.25) is 0 Å². The lowest BCUT2D eigenvalue weighted by Gasteiger charge is -2.22. The van der Waals surface area contributed by atoms with Crippen LogP contribution in [0.15, 0.2) is 59.4 Å². The largest absolute Gasteiger partial charge is 0.451 e. The van der Waals surface area contributed by atoms with E-state index >= 15 is 0 Å².